The number of carbonyl (C=O) groups is 3. The van der Waals surface area contributed by atoms with Crippen LogP contribution in [-0.2, 0) is 37.5 Å². The zero-order valence-electron chi connectivity index (χ0n) is 35.5. The van der Waals surface area contributed by atoms with Gasteiger partial charge < -0.3 is 25.2 Å². The second-order valence-corrected chi connectivity index (χ2v) is 16.7. The minimum absolute atomic E-state index is 0.146. The number of nitrogens with two attached hydrogens (primary N) is 1. The van der Waals surface area contributed by atoms with E-state index in [0.717, 1.165) is 57.8 Å². The fraction of sp³-hybridized carbons (Fsp3) is 0.841. The Bertz CT molecular complexity index is 1050. The lowest BCUT2D eigenvalue weighted by Gasteiger charge is -2.20. The molecule has 12 heteroatoms. The van der Waals surface area contributed by atoms with Crippen molar-refractivity contribution in [1.29, 1.82) is 0 Å². The summed E-state index contributed by atoms with van der Waals surface area (Å²) in [4.78, 5) is 46.0. The summed E-state index contributed by atoms with van der Waals surface area (Å²) in [5.41, 5.74) is 5.33. The van der Waals surface area contributed by atoms with Crippen LogP contribution in [-0.4, -0.2) is 59.9 Å². The highest BCUT2D eigenvalue weighted by molar-refractivity contribution is 7.47. The Morgan fingerprint density at radius 3 is 1.38 bits per heavy atom. The molecule has 4 N–H and O–H groups in total. The molecule has 0 fully saturated rings. The molecule has 3 atom stereocenters. The Balaban J connectivity index is 4.34. The van der Waals surface area contributed by atoms with Crippen molar-refractivity contribution in [2.45, 2.75) is 219 Å². The molecular weight excluding hydrogens is 733 g/mol. The third kappa shape index (κ3) is 38.8. The van der Waals surface area contributed by atoms with Crippen molar-refractivity contribution in [2.75, 3.05) is 19.8 Å². The quantitative estimate of drug-likeness (QED) is 0.0232. The molecule has 0 spiro atoms. The lowest BCUT2D eigenvalue weighted by molar-refractivity contribution is -0.161. The van der Waals surface area contributed by atoms with Crippen LogP contribution in [0.3, 0.4) is 0 Å². The highest BCUT2D eigenvalue weighted by atomic mass is 31.2. The number of unbranched alkanes of at least 4 members (excludes halogenated alkanes) is 25. The molecule has 0 aromatic carbocycles. The maximum absolute atomic E-state index is 12.6. The van der Waals surface area contributed by atoms with E-state index in [1.54, 1.807) is 0 Å². The monoisotopic (exact) mass is 816 g/mol. The Morgan fingerprint density at radius 1 is 0.554 bits per heavy atom. The van der Waals surface area contributed by atoms with Gasteiger partial charge in [-0.3, -0.25) is 23.4 Å². The zero-order valence-corrected chi connectivity index (χ0v) is 36.4. The normalized spacial score (nSPS) is 13.9. The van der Waals surface area contributed by atoms with Gasteiger partial charge in [-0.25, -0.2) is 4.57 Å². The average Bonchev–Trinajstić information content (AvgIpc) is 3.17. The lowest BCUT2D eigenvalue weighted by atomic mass is 10.0. The standard InChI is InChI=1S/C44H82NO10P/c1-3-5-7-9-11-13-15-17-19-20-22-23-25-27-29-31-33-35-42(46)52-37-40(38-53-56(50,51)54-39-41(45)44(48)49)55-43(47)36-34-32-30-28-26-24-21-18-16-14-12-10-8-6-4-2/h14,16,18,21,40-41H,3-13,15,17,19-20,22-39,45H2,1-2H3,(H,48,49)(H,50,51)/b16-14+,21-18+/t40-,41+/m1/s1. The van der Waals surface area contributed by atoms with E-state index in [1.165, 1.54) is 109 Å². The number of carboxylic acid groups (broad SMARTS) is 1. The maximum Gasteiger partial charge on any atom is 0.472 e. The van der Waals surface area contributed by atoms with Crippen LogP contribution < -0.4 is 5.73 Å². The van der Waals surface area contributed by atoms with E-state index in [9.17, 15) is 23.8 Å². The lowest BCUT2D eigenvalue weighted by Crippen LogP contribution is -2.34. The number of phosphoric acid groups is 1. The van der Waals surface area contributed by atoms with E-state index in [0.29, 0.717) is 12.8 Å². The smallest absolute Gasteiger partial charge is 0.472 e. The summed E-state index contributed by atoms with van der Waals surface area (Å²) < 4.78 is 32.7. The van der Waals surface area contributed by atoms with Gasteiger partial charge in [-0.1, -0.05) is 179 Å². The van der Waals surface area contributed by atoms with Gasteiger partial charge in [-0.15, -0.1) is 0 Å². The van der Waals surface area contributed by atoms with Gasteiger partial charge in [0.05, 0.1) is 13.2 Å². The summed E-state index contributed by atoms with van der Waals surface area (Å²) >= 11 is 0. The van der Waals surface area contributed by atoms with Crippen molar-refractivity contribution in [3.63, 3.8) is 0 Å². The van der Waals surface area contributed by atoms with Crippen LogP contribution in [0.1, 0.15) is 206 Å². The summed E-state index contributed by atoms with van der Waals surface area (Å²) in [5, 5.41) is 8.89. The van der Waals surface area contributed by atoms with Crippen LogP contribution in [0.15, 0.2) is 24.3 Å². The van der Waals surface area contributed by atoms with E-state index in [-0.39, 0.29) is 19.4 Å². The van der Waals surface area contributed by atoms with E-state index in [1.807, 2.05) is 0 Å². The zero-order chi connectivity index (χ0) is 41.4. The summed E-state index contributed by atoms with van der Waals surface area (Å²) in [6.45, 7) is 2.79. The molecule has 1 unspecified atom stereocenters. The molecular formula is C44H82NO10P. The summed E-state index contributed by atoms with van der Waals surface area (Å²) in [6.07, 6.45) is 40.9. The maximum atomic E-state index is 12.6. The van der Waals surface area contributed by atoms with Crippen LogP contribution in [0.5, 0.6) is 0 Å². The minimum atomic E-state index is -4.72. The molecule has 56 heavy (non-hydrogen) atoms. The number of carboxylic acids is 1. The molecule has 328 valence electrons. The number of hydrogen-bond donors (Lipinski definition) is 3. The SMILES string of the molecule is CCCCCC/C=C/C=C/CCCCCCCC(=O)O[C@H](COC(=O)CCCCCCCCCCCCCCCCCCC)COP(=O)(O)OC[C@H](N)C(=O)O. The van der Waals surface area contributed by atoms with Gasteiger partial charge in [0.25, 0.3) is 0 Å². The van der Waals surface area contributed by atoms with E-state index < -0.39 is 51.1 Å². The largest absolute Gasteiger partial charge is 0.480 e. The number of carbonyl (C=O) groups excluding carboxylic acids is 2. The van der Waals surface area contributed by atoms with Gasteiger partial charge in [0, 0.05) is 12.8 Å². The van der Waals surface area contributed by atoms with Gasteiger partial charge in [-0.2, -0.15) is 0 Å². The first-order valence-corrected chi connectivity index (χ1v) is 23.9. The average molecular weight is 816 g/mol. The summed E-state index contributed by atoms with van der Waals surface area (Å²) in [7, 11) is -4.72. The van der Waals surface area contributed by atoms with Crippen LogP contribution in [0, 0.1) is 0 Å². The van der Waals surface area contributed by atoms with Gasteiger partial charge >= 0.3 is 25.7 Å². The van der Waals surface area contributed by atoms with Crippen molar-refractivity contribution in [1.82, 2.24) is 0 Å². The molecule has 0 aliphatic carbocycles. The molecule has 0 aromatic heterocycles. The number of rotatable bonds is 42. The first-order valence-electron chi connectivity index (χ1n) is 22.4. The van der Waals surface area contributed by atoms with Crippen molar-refractivity contribution in [2.24, 2.45) is 5.73 Å². The number of aliphatic carboxylic acids is 1. The molecule has 0 rings (SSSR count). The second-order valence-electron chi connectivity index (χ2n) is 15.2. The molecule has 0 aliphatic rings. The van der Waals surface area contributed by atoms with E-state index >= 15 is 0 Å². The van der Waals surface area contributed by atoms with Crippen molar-refractivity contribution < 1.29 is 47.5 Å². The Labute approximate surface area is 340 Å². The molecule has 0 saturated heterocycles. The minimum Gasteiger partial charge on any atom is -0.480 e. The number of phosphoric ester groups is 1. The summed E-state index contributed by atoms with van der Waals surface area (Å²) in [6, 6.07) is -1.52. The van der Waals surface area contributed by atoms with Crippen LogP contribution in [0.2, 0.25) is 0 Å². The molecule has 0 heterocycles. The molecule has 0 aliphatic heterocycles. The third-order valence-electron chi connectivity index (χ3n) is 9.73. The Morgan fingerprint density at radius 2 is 0.929 bits per heavy atom. The number of allylic oxidation sites excluding steroid dienone is 4. The molecule has 0 radical (unpaired) electrons. The number of esters is 2. The molecule has 0 saturated carbocycles. The number of ether oxygens (including phenoxy) is 2. The molecule has 0 amide bonds. The first kappa shape index (κ1) is 54.0. The molecule has 11 nitrogen and oxygen atoms in total. The van der Waals surface area contributed by atoms with Crippen LogP contribution >= 0.6 is 7.82 Å². The molecule has 0 aromatic rings. The third-order valence-corrected chi connectivity index (χ3v) is 10.7. The fourth-order valence-electron chi connectivity index (χ4n) is 6.17. The predicted molar refractivity (Wildman–Crippen MR) is 226 cm³/mol. The highest BCUT2D eigenvalue weighted by Gasteiger charge is 2.28. The van der Waals surface area contributed by atoms with Crippen molar-refractivity contribution >= 4 is 25.7 Å². The highest BCUT2D eigenvalue weighted by Crippen LogP contribution is 2.43. The van der Waals surface area contributed by atoms with E-state index in [4.69, 9.17) is 24.8 Å². The van der Waals surface area contributed by atoms with Gasteiger partial charge in [0.2, 0.25) is 0 Å². The van der Waals surface area contributed by atoms with Gasteiger partial charge in [-0.05, 0) is 38.5 Å². The topological polar surface area (TPSA) is 172 Å². The second kappa shape index (κ2) is 39.8. The first-order chi connectivity index (χ1) is 27.1. The predicted octanol–water partition coefficient (Wildman–Crippen LogP) is 11.8. The van der Waals surface area contributed by atoms with Crippen molar-refractivity contribution in [3.8, 4) is 0 Å². The van der Waals surface area contributed by atoms with Crippen molar-refractivity contribution in [3.05, 3.63) is 24.3 Å². The van der Waals surface area contributed by atoms with E-state index in [2.05, 4.69) is 42.7 Å². The summed E-state index contributed by atoms with van der Waals surface area (Å²) in [5.74, 6) is -2.39. The fourth-order valence-corrected chi connectivity index (χ4v) is 6.95. The van der Waals surface area contributed by atoms with Gasteiger partial charge in [0.15, 0.2) is 6.10 Å². The molecule has 0 bridgehead atoms. The number of hydrogen-bond acceptors (Lipinski definition) is 9. The van der Waals surface area contributed by atoms with Crippen LogP contribution in [0.25, 0.3) is 0 Å². The van der Waals surface area contributed by atoms with Gasteiger partial charge in [0.1, 0.15) is 12.6 Å². The van der Waals surface area contributed by atoms with Crippen LogP contribution in [0.4, 0.5) is 0 Å². The Hall–Kier alpha value is -2.04. The Kier molecular flexibility index (Phi) is 38.3.